The molecule has 22 heavy (non-hydrogen) atoms. The van der Waals surface area contributed by atoms with Gasteiger partial charge in [-0.2, -0.15) is 0 Å². The van der Waals surface area contributed by atoms with Crippen molar-refractivity contribution in [2.75, 3.05) is 5.32 Å². The number of aromatic nitrogens is 1. The highest BCUT2D eigenvalue weighted by molar-refractivity contribution is 14.1. The van der Waals surface area contributed by atoms with Gasteiger partial charge in [0.25, 0.3) is 5.91 Å². The molecule has 2 aromatic carbocycles. The molecule has 0 unspecified atom stereocenters. The smallest absolute Gasteiger partial charge is 0.275 e. The summed E-state index contributed by atoms with van der Waals surface area (Å²) in [6.45, 7) is 1.92. The van der Waals surface area contributed by atoms with Gasteiger partial charge >= 0.3 is 0 Å². The largest absolute Gasteiger partial charge is 0.321 e. The first-order valence-corrected chi connectivity index (χ1v) is 8.63. The Labute approximate surface area is 146 Å². The van der Waals surface area contributed by atoms with Gasteiger partial charge in [0.15, 0.2) is 0 Å². The van der Waals surface area contributed by atoms with Gasteiger partial charge < -0.3 is 5.32 Å². The van der Waals surface area contributed by atoms with Crippen LogP contribution in [-0.4, -0.2) is 10.9 Å². The van der Waals surface area contributed by atoms with E-state index in [0.717, 1.165) is 24.7 Å². The molecule has 5 heteroatoms. The lowest BCUT2D eigenvalue weighted by Crippen LogP contribution is -2.13. The average molecular weight is 420 g/mol. The number of carbonyl (C=O) groups excluding carboxylic acids is 1. The fourth-order valence-electron chi connectivity index (χ4n) is 2.12. The molecule has 0 spiro atoms. The molecule has 0 radical (unpaired) electrons. The van der Waals surface area contributed by atoms with Crippen LogP contribution < -0.4 is 5.32 Å². The summed E-state index contributed by atoms with van der Waals surface area (Å²) in [5.41, 5.74) is 2.27. The Kier molecular flexibility index (Phi) is 4.54. The summed E-state index contributed by atoms with van der Waals surface area (Å²) in [5, 5.41) is 3.80. The van der Waals surface area contributed by atoms with E-state index < -0.39 is 0 Å². The lowest BCUT2D eigenvalue weighted by Gasteiger charge is -2.05. The van der Waals surface area contributed by atoms with Gasteiger partial charge in [-0.15, -0.1) is 11.3 Å². The zero-order chi connectivity index (χ0) is 15.5. The normalized spacial score (nSPS) is 10.5. The van der Waals surface area contributed by atoms with Gasteiger partial charge in [0.2, 0.25) is 0 Å². The number of thiazole rings is 1. The molecule has 1 amide bonds. The highest BCUT2D eigenvalue weighted by atomic mass is 127. The molecule has 110 valence electrons. The Morgan fingerprint density at radius 2 is 1.91 bits per heavy atom. The number of halogens is 1. The number of nitrogens with zero attached hydrogens (tertiary/aromatic N) is 1. The average Bonchev–Trinajstić information content (AvgIpc) is 2.90. The number of aryl methyl sites for hydroxylation is 1. The molecule has 0 atom stereocenters. The van der Waals surface area contributed by atoms with E-state index in [9.17, 15) is 4.79 Å². The highest BCUT2D eigenvalue weighted by Crippen LogP contribution is 2.30. The second-order valence-corrected chi connectivity index (χ2v) is 7.19. The lowest BCUT2D eigenvalue weighted by molar-refractivity contribution is 0.102. The van der Waals surface area contributed by atoms with Crippen molar-refractivity contribution in [2.24, 2.45) is 0 Å². The standard InChI is InChI=1S/C17H13IN2OS/c1-11-19-15(16(22-11)12-6-3-2-4-7-12)17(21)20-14-9-5-8-13(18)10-14/h2-10H,1H3,(H,20,21). The number of hydrogen-bond acceptors (Lipinski definition) is 3. The highest BCUT2D eigenvalue weighted by Gasteiger charge is 2.18. The summed E-state index contributed by atoms with van der Waals surface area (Å²) in [7, 11) is 0. The van der Waals surface area contributed by atoms with Crippen molar-refractivity contribution in [2.45, 2.75) is 6.92 Å². The zero-order valence-electron chi connectivity index (χ0n) is 11.8. The summed E-state index contributed by atoms with van der Waals surface area (Å²) in [6, 6.07) is 17.6. The topological polar surface area (TPSA) is 42.0 Å². The van der Waals surface area contributed by atoms with Crippen LogP contribution in [0.4, 0.5) is 5.69 Å². The summed E-state index contributed by atoms with van der Waals surface area (Å²) < 4.78 is 1.08. The van der Waals surface area contributed by atoms with Crippen molar-refractivity contribution in [3.63, 3.8) is 0 Å². The molecule has 0 saturated heterocycles. The SMILES string of the molecule is Cc1nc(C(=O)Nc2cccc(I)c2)c(-c2ccccc2)s1. The summed E-state index contributed by atoms with van der Waals surface area (Å²) >= 11 is 3.76. The maximum absolute atomic E-state index is 12.6. The van der Waals surface area contributed by atoms with Crippen molar-refractivity contribution < 1.29 is 4.79 Å². The molecule has 0 aliphatic heterocycles. The second kappa shape index (κ2) is 6.58. The van der Waals surface area contributed by atoms with Crippen molar-refractivity contribution in [1.29, 1.82) is 0 Å². The fourth-order valence-corrected chi connectivity index (χ4v) is 3.59. The van der Waals surface area contributed by atoms with Crippen molar-refractivity contribution in [1.82, 2.24) is 4.98 Å². The maximum Gasteiger partial charge on any atom is 0.275 e. The number of carbonyl (C=O) groups is 1. The number of nitrogens with one attached hydrogen (secondary N) is 1. The minimum atomic E-state index is -0.176. The van der Waals surface area contributed by atoms with E-state index in [2.05, 4.69) is 32.9 Å². The summed E-state index contributed by atoms with van der Waals surface area (Å²) in [5.74, 6) is -0.176. The molecular weight excluding hydrogens is 407 g/mol. The monoisotopic (exact) mass is 420 g/mol. The first-order valence-electron chi connectivity index (χ1n) is 6.73. The first kappa shape index (κ1) is 15.2. The molecule has 3 rings (SSSR count). The predicted octanol–water partition coefficient (Wildman–Crippen LogP) is 4.98. The van der Waals surface area contributed by atoms with Crippen LogP contribution in [-0.2, 0) is 0 Å². The Morgan fingerprint density at radius 1 is 1.14 bits per heavy atom. The van der Waals surface area contributed by atoms with Crippen molar-refractivity contribution in [3.8, 4) is 10.4 Å². The Morgan fingerprint density at radius 3 is 2.64 bits per heavy atom. The zero-order valence-corrected chi connectivity index (χ0v) is 14.8. The van der Waals surface area contributed by atoms with E-state index in [0.29, 0.717) is 5.69 Å². The van der Waals surface area contributed by atoms with E-state index in [1.54, 1.807) is 0 Å². The van der Waals surface area contributed by atoms with E-state index in [-0.39, 0.29) is 5.91 Å². The molecule has 1 N–H and O–H groups in total. The van der Waals surface area contributed by atoms with Crippen LogP contribution in [0.15, 0.2) is 54.6 Å². The number of hydrogen-bond donors (Lipinski definition) is 1. The predicted molar refractivity (Wildman–Crippen MR) is 99.4 cm³/mol. The van der Waals surface area contributed by atoms with Crippen LogP contribution in [0.1, 0.15) is 15.5 Å². The molecule has 0 aliphatic carbocycles. The summed E-state index contributed by atoms with van der Waals surface area (Å²) in [4.78, 5) is 17.9. The molecule has 3 aromatic rings. The third kappa shape index (κ3) is 3.36. The minimum Gasteiger partial charge on any atom is -0.321 e. The third-order valence-corrected chi connectivity index (χ3v) is 4.76. The van der Waals surface area contributed by atoms with Crippen LogP contribution in [0.2, 0.25) is 0 Å². The number of anilines is 1. The van der Waals surface area contributed by atoms with Gasteiger partial charge in [-0.05, 0) is 53.3 Å². The third-order valence-electron chi connectivity index (χ3n) is 3.07. The number of amides is 1. The van der Waals surface area contributed by atoms with Crippen LogP contribution >= 0.6 is 33.9 Å². The van der Waals surface area contributed by atoms with E-state index in [1.807, 2.05) is 61.5 Å². The molecule has 0 aliphatic rings. The van der Waals surface area contributed by atoms with Crippen molar-refractivity contribution >= 4 is 45.5 Å². The number of benzene rings is 2. The molecule has 0 saturated carbocycles. The van der Waals surface area contributed by atoms with Crippen LogP contribution in [0, 0.1) is 10.5 Å². The van der Waals surface area contributed by atoms with Crippen LogP contribution in [0.3, 0.4) is 0 Å². The molecule has 3 nitrogen and oxygen atoms in total. The van der Waals surface area contributed by atoms with Gasteiger partial charge in [-0.1, -0.05) is 36.4 Å². The summed E-state index contributed by atoms with van der Waals surface area (Å²) in [6.07, 6.45) is 0. The Hall–Kier alpha value is -1.73. The Balaban J connectivity index is 1.93. The second-order valence-electron chi connectivity index (χ2n) is 4.74. The van der Waals surface area contributed by atoms with E-state index in [1.165, 1.54) is 11.3 Å². The molecule has 0 bridgehead atoms. The van der Waals surface area contributed by atoms with E-state index >= 15 is 0 Å². The van der Waals surface area contributed by atoms with Crippen molar-refractivity contribution in [3.05, 3.63) is 68.9 Å². The van der Waals surface area contributed by atoms with Crippen LogP contribution in [0.25, 0.3) is 10.4 Å². The van der Waals surface area contributed by atoms with Gasteiger partial charge in [0.1, 0.15) is 5.69 Å². The molecular formula is C17H13IN2OS. The fraction of sp³-hybridized carbons (Fsp3) is 0.0588. The molecule has 1 aromatic heterocycles. The minimum absolute atomic E-state index is 0.176. The van der Waals surface area contributed by atoms with Gasteiger partial charge in [0, 0.05) is 9.26 Å². The maximum atomic E-state index is 12.6. The Bertz CT molecular complexity index is 815. The van der Waals surface area contributed by atoms with E-state index in [4.69, 9.17) is 0 Å². The lowest BCUT2D eigenvalue weighted by atomic mass is 10.1. The number of rotatable bonds is 3. The van der Waals surface area contributed by atoms with Crippen LogP contribution in [0.5, 0.6) is 0 Å². The quantitative estimate of drug-likeness (QED) is 0.608. The van der Waals surface area contributed by atoms with Gasteiger partial charge in [-0.25, -0.2) is 4.98 Å². The van der Waals surface area contributed by atoms with Gasteiger partial charge in [0.05, 0.1) is 9.88 Å². The first-order chi connectivity index (χ1) is 10.6. The van der Waals surface area contributed by atoms with Gasteiger partial charge in [-0.3, -0.25) is 4.79 Å². The molecule has 0 fully saturated rings. The molecule has 1 heterocycles.